The van der Waals surface area contributed by atoms with Gasteiger partial charge in [0.05, 0.1) is 22.4 Å². The van der Waals surface area contributed by atoms with Crippen molar-refractivity contribution in [2.45, 2.75) is 0 Å². The smallest absolute Gasteiger partial charge is 0.164 e. The Kier molecular flexibility index (Phi) is 18.8. The maximum absolute atomic E-state index is 5.32. The van der Waals surface area contributed by atoms with Crippen LogP contribution in [-0.2, 0) is 0 Å². The number of pyridine rings is 2. The van der Waals surface area contributed by atoms with Crippen LogP contribution < -0.4 is 0 Å². The molecule has 0 unspecified atom stereocenters. The van der Waals surface area contributed by atoms with E-state index in [2.05, 4.69) is 413 Å². The monoisotopic (exact) mass is 1530 g/mol. The van der Waals surface area contributed by atoms with Gasteiger partial charge < -0.3 is 0 Å². The van der Waals surface area contributed by atoms with E-state index in [4.69, 9.17) is 39.9 Å². The Morgan fingerprint density at radius 2 is 0.425 bits per heavy atom. The number of benzene rings is 18. The molecule has 560 valence electrons. The van der Waals surface area contributed by atoms with Crippen LogP contribution in [0, 0.1) is 0 Å². The minimum Gasteiger partial charge on any atom is -0.247 e. The average Bonchev–Trinajstić information content (AvgIpc) is 0.753. The van der Waals surface area contributed by atoms with Gasteiger partial charge in [0.2, 0.25) is 0 Å². The van der Waals surface area contributed by atoms with Gasteiger partial charge in [-0.15, -0.1) is 0 Å². The first-order chi connectivity index (χ1) is 59.4. The van der Waals surface area contributed by atoms with Crippen molar-refractivity contribution in [3.63, 3.8) is 0 Å². The van der Waals surface area contributed by atoms with Crippen LogP contribution in [0.15, 0.2) is 437 Å². The molecule has 0 spiro atoms. The normalized spacial score (nSPS) is 11.3. The first-order valence-electron chi connectivity index (χ1n) is 40.4. The van der Waals surface area contributed by atoms with Gasteiger partial charge in [0, 0.05) is 66.1 Å². The van der Waals surface area contributed by atoms with Gasteiger partial charge in [-0.1, -0.05) is 400 Å². The summed E-state index contributed by atoms with van der Waals surface area (Å²) in [6, 6.07) is 153. The zero-order valence-electron chi connectivity index (χ0n) is 65.1. The van der Waals surface area contributed by atoms with Gasteiger partial charge in [-0.2, -0.15) is 0 Å². The Balaban J connectivity index is 0.000000148. The van der Waals surface area contributed by atoms with Gasteiger partial charge in [0.25, 0.3) is 0 Å². The standard InChI is InChI=1S/2C56H36N4/c1-3-11-37(12-4-1)39-21-25-43(26-22-39)54-58-55(44-27-23-40(24-28-44)38-13-5-2-6-14-38)60-56(59-54)48-19-10-17-46(36-48)45-16-9-18-47(35-45)52-34-31-42-30-32-50-49-20-8-7-15-41(49)29-33-51(50)53(42)57-52;1-3-13-37(14-4-1)39-25-29-42(30-26-39)54-58-55(43-31-27-40(28-32-43)38-15-5-2-6-16-38)60-56(59-54)47-21-12-19-45(36-47)44-18-11-20-46(35-44)53-52-48-22-8-7-17-41(48)33-34-50(52)49-23-9-10-24-51(49)57-53/h2*1-36H. The Labute approximate surface area is 694 Å². The Bertz CT molecular complexity index is 7390. The van der Waals surface area contributed by atoms with Crippen LogP contribution in [0.2, 0.25) is 0 Å². The molecular weight excluding hydrogens is 1460 g/mol. The molecule has 4 aromatic heterocycles. The second-order valence-electron chi connectivity index (χ2n) is 30.1. The van der Waals surface area contributed by atoms with Crippen molar-refractivity contribution in [1.29, 1.82) is 0 Å². The molecule has 22 rings (SSSR count). The number of nitrogens with zero attached hydrogens (tertiary/aromatic N) is 8. The molecule has 0 saturated carbocycles. The summed E-state index contributed by atoms with van der Waals surface area (Å²) in [4.78, 5) is 41.2. The SMILES string of the molecule is c1ccc(-c2ccc(-c3nc(-c4ccc(-c5ccccc5)cc4)nc(-c4cccc(-c5cccc(-c6ccc7ccc8c9ccccc9ccc8c7n6)c5)c4)n3)cc2)cc1.c1ccc(-c2ccc(-c3nc(-c4ccc(-c5ccccc5)cc4)nc(-c4cccc(-c5cccc(-c6nc7ccccc7c7ccc8ccccc8c67)c5)c4)n3)cc2)cc1. The molecule has 8 heteroatoms. The zero-order valence-corrected chi connectivity index (χ0v) is 65.1. The lowest BCUT2D eigenvalue weighted by Gasteiger charge is -2.14. The Hall–Kier alpha value is -16.2. The van der Waals surface area contributed by atoms with Crippen molar-refractivity contribution in [3.8, 4) is 158 Å². The van der Waals surface area contributed by atoms with Crippen LogP contribution in [0.3, 0.4) is 0 Å². The van der Waals surface area contributed by atoms with Gasteiger partial charge in [-0.3, -0.25) is 0 Å². The number of rotatable bonds is 14. The number of hydrogen-bond acceptors (Lipinski definition) is 8. The van der Waals surface area contributed by atoms with Crippen LogP contribution in [0.25, 0.3) is 222 Å². The molecule has 0 bridgehead atoms. The van der Waals surface area contributed by atoms with E-state index >= 15 is 0 Å². The van der Waals surface area contributed by atoms with E-state index in [9.17, 15) is 0 Å². The summed E-state index contributed by atoms with van der Waals surface area (Å²) in [5.41, 5.74) is 25.0. The lowest BCUT2D eigenvalue weighted by molar-refractivity contribution is 1.07. The van der Waals surface area contributed by atoms with Crippen LogP contribution in [0.1, 0.15) is 0 Å². The summed E-state index contributed by atoms with van der Waals surface area (Å²) in [5, 5.41) is 11.9. The van der Waals surface area contributed by atoms with E-state index in [1.807, 2.05) is 24.3 Å². The summed E-state index contributed by atoms with van der Waals surface area (Å²) in [7, 11) is 0. The van der Waals surface area contributed by atoms with Crippen molar-refractivity contribution in [2.75, 3.05) is 0 Å². The number of para-hydroxylation sites is 1. The van der Waals surface area contributed by atoms with Crippen molar-refractivity contribution in [1.82, 2.24) is 39.9 Å². The lowest BCUT2D eigenvalue weighted by Crippen LogP contribution is -2.00. The minimum absolute atomic E-state index is 0.612. The van der Waals surface area contributed by atoms with Gasteiger partial charge in [-0.25, -0.2) is 39.9 Å². The zero-order chi connectivity index (χ0) is 79.7. The molecule has 0 amide bonds. The van der Waals surface area contributed by atoms with Crippen LogP contribution in [0.4, 0.5) is 0 Å². The van der Waals surface area contributed by atoms with E-state index in [0.717, 1.165) is 133 Å². The molecule has 120 heavy (non-hydrogen) atoms. The molecule has 0 fully saturated rings. The maximum Gasteiger partial charge on any atom is 0.164 e. The highest BCUT2D eigenvalue weighted by atomic mass is 15.0. The predicted molar refractivity (Wildman–Crippen MR) is 496 cm³/mol. The van der Waals surface area contributed by atoms with Crippen molar-refractivity contribution >= 4 is 64.9 Å². The first kappa shape index (κ1) is 71.6. The van der Waals surface area contributed by atoms with Crippen molar-refractivity contribution in [2.24, 2.45) is 0 Å². The van der Waals surface area contributed by atoms with E-state index in [1.54, 1.807) is 0 Å². The summed E-state index contributed by atoms with van der Waals surface area (Å²) < 4.78 is 0. The minimum atomic E-state index is 0.612. The van der Waals surface area contributed by atoms with E-state index in [1.165, 1.54) is 54.6 Å². The molecule has 22 aromatic rings. The predicted octanol–water partition coefficient (Wildman–Crippen LogP) is 28.8. The van der Waals surface area contributed by atoms with E-state index in [-0.39, 0.29) is 0 Å². The number of hydrogen-bond donors (Lipinski definition) is 0. The molecule has 0 N–H and O–H groups in total. The summed E-state index contributed by atoms with van der Waals surface area (Å²) in [6.45, 7) is 0. The van der Waals surface area contributed by atoms with Crippen LogP contribution in [0.5, 0.6) is 0 Å². The van der Waals surface area contributed by atoms with Gasteiger partial charge >= 0.3 is 0 Å². The molecular formula is C112H72N8. The third-order valence-corrected chi connectivity index (χ3v) is 22.6. The fourth-order valence-electron chi connectivity index (χ4n) is 16.4. The molecule has 0 atom stereocenters. The van der Waals surface area contributed by atoms with E-state index in [0.29, 0.717) is 34.9 Å². The second kappa shape index (κ2) is 31.6. The number of aromatic nitrogens is 8. The van der Waals surface area contributed by atoms with Gasteiger partial charge in [0.15, 0.2) is 34.9 Å². The van der Waals surface area contributed by atoms with Gasteiger partial charge in [0.1, 0.15) is 0 Å². The van der Waals surface area contributed by atoms with Crippen molar-refractivity contribution in [3.05, 3.63) is 437 Å². The summed E-state index contributed by atoms with van der Waals surface area (Å²) in [5.74, 6) is 3.71. The first-order valence-corrected chi connectivity index (χ1v) is 40.4. The third-order valence-electron chi connectivity index (χ3n) is 22.6. The third kappa shape index (κ3) is 14.3. The van der Waals surface area contributed by atoms with E-state index < -0.39 is 0 Å². The molecule has 0 aliphatic carbocycles. The topological polar surface area (TPSA) is 103 Å². The summed E-state index contributed by atoms with van der Waals surface area (Å²) in [6.07, 6.45) is 0. The molecule has 0 aliphatic rings. The van der Waals surface area contributed by atoms with Gasteiger partial charge in [-0.05, 0) is 135 Å². The molecule has 18 aromatic carbocycles. The van der Waals surface area contributed by atoms with Crippen LogP contribution >= 0.6 is 0 Å². The fraction of sp³-hybridized carbons (Fsp3) is 0. The fourth-order valence-corrected chi connectivity index (χ4v) is 16.4. The maximum atomic E-state index is 5.32. The largest absolute Gasteiger partial charge is 0.247 e. The molecule has 8 nitrogen and oxygen atoms in total. The number of fused-ring (bicyclic) bond motifs is 10. The van der Waals surface area contributed by atoms with Crippen molar-refractivity contribution < 1.29 is 0 Å². The quantitative estimate of drug-likeness (QED) is 0.0992. The van der Waals surface area contributed by atoms with Crippen LogP contribution in [-0.4, -0.2) is 39.9 Å². The molecule has 0 saturated heterocycles. The Morgan fingerprint density at radius 3 is 0.875 bits per heavy atom. The summed E-state index contributed by atoms with van der Waals surface area (Å²) >= 11 is 0. The molecule has 4 heterocycles. The second-order valence-corrected chi connectivity index (χ2v) is 30.1. The highest BCUT2D eigenvalue weighted by molar-refractivity contribution is 6.21. The Morgan fingerprint density at radius 1 is 0.133 bits per heavy atom. The highest BCUT2D eigenvalue weighted by Crippen LogP contribution is 2.42. The molecule has 0 aliphatic heterocycles. The molecule has 0 radical (unpaired) electrons. The lowest BCUT2D eigenvalue weighted by atomic mass is 9.93. The average molecular weight is 1530 g/mol. The highest BCUT2D eigenvalue weighted by Gasteiger charge is 2.20.